The van der Waals surface area contributed by atoms with Crippen LogP contribution in [0.3, 0.4) is 0 Å². The van der Waals surface area contributed by atoms with Crippen molar-refractivity contribution in [2.45, 2.75) is 27.0 Å². The van der Waals surface area contributed by atoms with E-state index < -0.39 is 5.82 Å². The van der Waals surface area contributed by atoms with Crippen LogP contribution in [0, 0.1) is 19.7 Å². The van der Waals surface area contributed by atoms with Gasteiger partial charge in [-0.25, -0.2) is 4.39 Å². The molecule has 2 aromatic carbocycles. The predicted molar refractivity (Wildman–Crippen MR) is 91.3 cm³/mol. The second kappa shape index (κ2) is 6.45. The van der Waals surface area contributed by atoms with Gasteiger partial charge in [0.15, 0.2) is 0 Å². The van der Waals surface area contributed by atoms with E-state index in [4.69, 9.17) is 5.11 Å². The molecular formula is C19H19FN2O2. The van der Waals surface area contributed by atoms with Gasteiger partial charge in [-0.05, 0) is 54.8 Å². The highest BCUT2D eigenvalue weighted by molar-refractivity contribution is 5.99. The van der Waals surface area contributed by atoms with Crippen LogP contribution in [0.1, 0.15) is 32.7 Å². The summed E-state index contributed by atoms with van der Waals surface area (Å²) < 4.78 is 13.4. The van der Waals surface area contributed by atoms with Crippen molar-refractivity contribution in [2.24, 2.45) is 0 Å². The summed E-state index contributed by atoms with van der Waals surface area (Å²) in [7, 11) is 0. The predicted octanol–water partition coefficient (Wildman–Crippen LogP) is 3.35. The Morgan fingerprint density at radius 2 is 2.00 bits per heavy atom. The zero-order valence-electron chi connectivity index (χ0n) is 13.6. The number of carbonyl (C=O) groups excluding carboxylic acids is 1. The van der Waals surface area contributed by atoms with Gasteiger partial charge in [0.05, 0.1) is 6.61 Å². The number of carbonyl (C=O) groups is 1. The fourth-order valence-electron chi connectivity index (χ4n) is 2.72. The molecule has 0 spiro atoms. The average molecular weight is 326 g/mol. The molecule has 1 heterocycles. The van der Waals surface area contributed by atoms with E-state index in [0.29, 0.717) is 5.69 Å². The minimum Gasteiger partial charge on any atom is -0.392 e. The van der Waals surface area contributed by atoms with Crippen LogP contribution >= 0.6 is 0 Å². The topological polar surface area (TPSA) is 65.1 Å². The van der Waals surface area contributed by atoms with Gasteiger partial charge < -0.3 is 15.4 Å². The molecule has 0 bridgehead atoms. The monoisotopic (exact) mass is 326 g/mol. The van der Waals surface area contributed by atoms with Gasteiger partial charge in [-0.1, -0.05) is 12.1 Å². The zero-order valence-corrected chi connectivity index (χ0v) is 13.6. The summed E-state index contributed by atoms with van der Waals surface area (Å²) in [6.07, 6.45) is 0. The molecule has 0 aliphatic rings. The van der Waals surface area contributed by atoms with Crippen LogP contribution in [-0.2, 0) is 13.2 Å². The molecule has 1 aromatic heterocycles. The van der Waals surface area contributed by atoms with Crippen molar-refractivity contribution in [3.63, 3.8) is 0 Å². The average Bonchev–Trinajstić information content (AvgIpc) is 3.02. The number of nitrogens with one attached hydrogen (secondary N) is 2. The van der Waals surface area contributed by atoms with Crippen molar-refractivity contribution in [3.05, 3.63) is 70.2 Å². The number of aliphatic hydroxyl groups is 1. The number of fused-ring (bicyclic) bond motifs is 1. The van der Waals surface area contributed by atoms with Crippen molar-refractivity contribution >= 4 is 16.8 Å². The Kier molecular flexibility index (Phi) is 4.36. The molecule has 3 N–H and O–H groups in total. The molecule has 0 aliphatic heterocycles. The van der Waals surface area contributed by atoms with E-state index in [1.807, 2.05) is 32.0 Å². The quantitative estimate of drug-likeness (QED) is 0.688. The molecule has 0 fully saturated rings. The Hall–Kier alpha value is -2.66. The highest BCUT2D eigenvalue weighted by atomic mass is 19.1. The molecular weight excluding hydrogens is 307 g/mol. The molecule has 3 aromatic rings. The van der Waals surface area contributed by atoms with Gasteiger partial charge in [0.25, 0.3) is 5.91 Å². The van der Waals surface area contributed by atoms with Crippen molar-refractivity contribution in [1.82, 2.24) is 10.3 Å². The third-order valence-corrected chi connectivity index (χ3v) is 4.32. The van der Waals surface area contributed by atoms with E-state index >= 15 is 0 Å². The highest BCUT2D eigenvalue weighted by Gasteiger charge is 2.11. The van der Waals surface area contributed by atoms with Crippen LogP contribution in [0.5, 0.6) is 0 Å². The van der Waals surface area contributed by atoms with E-state index in [1.54, 1.807) is 12.1 Å². The van der Waals surface area contributed by atoms with Gasteiger partial charge in [-0.3, -0.25) is 4.79 Å². The number of amides is 1. The molecule has 0 unspecified atom stereocenters. The van der Waals surface area contributed by atoms with Crippen LogP contribution in [0.4, 0.5) is 4.39 Å². The fourth-order valence-corrected chi connectivity index (χ4v) is 2.72. The third-order valence-electron chi connectivity index (χ3n) is 4.32. The van der Waals surface area contributed by atoms with Crippen molar-refractivity contribution in [1.29, 1.82) is 0 Å². The van der Waals surface area contributed by atoms with Gasteiger partial charge in [0.2, 0.25) is 0 Å². The van der Waals surface area contributed by atoms with Gasteiger partial charge in [0, 0.05) is 23.0 Å². The lowest BCUT2D eigenvalue weighted by Gasteiger charge is -2.06. The standard InChI is InChI=1S/C19H19FN2O2/c1-11-3-6-17-15(12(11)2)8-18(22-17)19(24)21-9-13-4-5-16(20)14(7-13)10-23/h3-8,22-23H,9-10H2,1-2H3,(H,21,24). The molecule has 124 valence electrons. The Bertz CT molecular complexity index is 915. The summed E-state index contributed by atoms with van der Waals surface area (Å²) >= 11 is 0. The summed E-state index contributed by atoms with van der Waals surface area (Å²) in [5, 5.41) is 12.9. The Morgan fingerprint density at radius 3 is 2.75 bits per heavy atom. The molecule has 0 atom stereocenters. The maximum absolute atomic E-state index is 13.4. The van der Waals surface area contributed by atoms with Gasteiger partial charge in [-0.15, -0.1) is 0 Å². The first-order chi connectivity index (χ1) is 11.5. The van der Waals surface area contributed by atoms with Crippen molar-refractivity contribution < 1.29 is 14.3 Å². The van der Waals surface area contributed by atoms with Crippen LogP contribution in [0.15, 0.2) is 36.4 Å². The Morgan fingerprint density at radius 1 is 1.21 bits per heavy atom. The maximum atomic E-state index is 13.4. The number of aromatic nitrogens is 1. The number of aromatic amines is 1. The van der Waals surface area contributed by atoms with E-state index in [-0.39, 0.29) is 24.6 Å². The molecule has 4 nitrogen and oxygen atoms in total. The molecule has 5 heteroatoms. The van der Waals surface area contributed by atoms with Gasteiger partial charge in [0.1, 0.15) is 11.5 Å². The number of rotatable bonds is 4. The summed E-state index contributed by atoms with van der Waals surface area (Å²) in [5.41, 5.74) is 4.69. The second-order valence-electron chi connectivity index (χ2n) is 5.92. The normalized spacial score (nSPS) is 11.0. The van der Waals surface area contributed by atoms with E-state index in [0.717, 1.165) is 22.0 Å². The number of hydrogen-bond acceptors (Lipinski definition) is 2. The van der Waals surface area contributed by atoms with Crippen molar-refractivity contribution in [2.75, 3.05) is 0 Å². The highest BCUT2D eigenvalue weighted by Crippen LogP contribution is 2.22. The largest absolute Gasteiger partial charge is 0.392 e. The molecule has 0 saturated carbocycles. The molecule has 0 radical (unpaired) electrons. The first-order valence-electron chi connectivity index (χ1n) is 7.75. The smallest absolute Gasteiger partial charge is 0.267 e. The van der Waals surface area contributed by atoms with Crippen LogP contribution in [0.25, 0.3) is 10.9 Å². The number of H-pyrrole nitrogens is 1. The molecule has 24 heavy (non-hydrogen) atoms. The summed E-state index contributed by atoms with van der Waals surface area (Å²) in [5.74, 6) is -0.674. The van der Waals surface area contributed by atoms with Crippen LogP contribution in [0.2, 0.25) is 0 Å². The lowest BCUT2D eigenvalue weighted by Crippen LogP contribution is -2.23. The van der Waals surface area contributed by atoms with Crippen molar-refractivity contribution in [3.8, 4) is 0 Å². The Balaban J connectivity index is 1.77. The van der Waals surface area contributed by atoms with Crippen LogP contribution < -0.4 is 5.32 Å². The van der Waals surface area contributed by atoms with Gasteiger partial charge >= 0.3 is 0 Å². The maximum Gasteiger partial charge on any atom is 0.267 e. The molecule has 0 aliphatic carbocycles. The minimum atomic E-state index is -0.450. The molecule has 0 saturated heterocycles. The summed E-state index contributed by atoms with van der Waals surface area (Å²) in [6.45, 7) is 3.96. The minimum absolute atomic E-state index is 0.221. The number of benzene rings is 2. The zero-order chi connectivity index (χ0) is 17.3. The number of aryl methyl sites for hydroxylation is 2. The summed E-state index contributed by atoms with van der Waals surface area (Å²) in [4.78, 5) is 15.5. The van der Waals surface area contributed by atoms with Gasteiger partial charge in [-0.2, -0.15) is 0 Å². The van der Waals surface area contributed by atoms with E-state index in [9.17, 15) is 9.18 Å². The Labute approximate surface area is 139 Å². The third kappa shape index (κ3) is 3.03. The molecule has 1 amide bonds. The SMILES string of the molecule is Cc1ccc2[nH]c(C(=O)NCc3ccc(F)c(CO)c3)cc2c1C. The second-order valence-corrected chi connectivity index (χ2v) is 5.92. The lowest BCUT2D eigenvalue weighted by molar-refractivity contribution is 0.0946. The summed E-state index contributed by atoms with van der Waals surface area (Å²) in [6, 6.07) is 10.3. The number of hydrogen-bond donors (Lipinski definition) is 3. The first-order valence-corrected chi connectivity index (χ1v) is 7.75. The number of aliphatic hydroxyl groups excluding tert-OH is 1. The van der Waals surface area contributed by atoms with E-state index in [2.05, 4.69) is 10.3 Å². The lowest BCUT2D eigenvalue weighted by atomic mass is 10.1. The fraction of sp³-hybridized carbons (Fsp3) is 0.211. The van der Waals surface area contributed by atoms with Crippen LogP contribution in [-0.4, -0.2) is 16.0 Å². The first kappa shape index (κ1) is 16.2. The molecule has 3 rings (SSSR count). The number of halogens is 1. The van der Waals surface area contributed by atoms with E-state index in [1.165, 1.54) is 11.6 Å².